The van der Waals surface area contributed by atoms with E-state index in [1.54, 1.807) is 50.3 Å². The molecule has 0 spiro atoms. The highest BCUT2D eigenvalue weighted by Crippen LogP contribution is 2.61. The lowest BCUT2D eigenvalue weighted by Gasteiger charge is -2.34. The lowest BCUT2D eigenvalue weighted by molar-refractivity contribution is 0.329. The van der Waals surface area contributed by atoms with Gasteiger partial charge >= 0.3 is 0 Å². The van der Waals surface area contributed by atoms with Crippen LogP contribution in [0.15, 0.2) is 0 Å². The second-order valence-corrected chi connectivity index (χ2v) is 23.2. The first-order chi connectivity index (χ1) is 22.5. The lowest BCUT2D eigenvalue weighted by Crippen LogP contribution is -2.27. The van der Waals surface area contributed by atoms with Gasteiger partial charge in [-0.15, -0.1) is 9.24 Å². The maximum Gasteiger partial charge on any atom is 0.0594 e. The molecular weight excluding hydrogens is 602 g/mol. The van der Waals surface area contributed by atoms with Crippen molar-refractivity contribution in [3.63, 3.8) is 0 Å². The highest BCUT2D eigenvalue weighted by atomic mass is 31.2. The van der Waals surface area contributed by atoms with Crippen LogP contribution in [0.2, 0.25) is 0 Å². The monoisotopic (exact) mass is 700 g/mol. The number of hydrogen-bond donors (Lipinski definition) is 0. The fourth-order valence-electron chi connectivity index (χ4n) is 8.27. The van der Waals surface area contributed by atoms with E-state index in [4.69, 9.17) is 0 Å². The Kier molecular flexibility index (Phi) is 37.5. The van der Waals surface area contributed by atoms with Crippen LogP contribution in [0.5, 0.6) is 0 Å². The molecule has 0 rings (SSSR count). The van der Waals surface area contributed by atoms with Gasteiger partial charge < -0.3 is 0 Å². The summed E-state index contributed by atoms with van der Waals surface area (Å²) in [6, 6.07) is 0. The van der Waals surface area contributed by atoms with Crippen LogP contribution in [-0.4, -0.2) is 29.8 Å². The van der Waals surface area contributed by atoms with Crippen molar-refractivity contribution in [2.45, 2.75) is 248 Å². The minimum Gasteiger partial charge on any atom is -0.131 e. The van der Waals surface area contributed by atoms with Gasteiger partial charge in [-0.1, -0.05) is 172 Å². The summed E-state index contributed by atoms with van der Waals surface area (Å²) in [5, 5.41) is 0.483. The van der Waals surface area contributed by atoms with Crippen molar-refractivity contribution in [1.29, 1.82) is 0 Å². The normalized spacial score (nSPS) is 12.4. The van der Waals surface area contributed by atoms with Crippen LogP contribution in [0, 0.1) is 17.8 Å². The van der Waals surface area contributed by atoms with Gasteiger partial charge in [0.2, 0.25) is 0 Å². The van der Waals surface area contributed by atoms with Gasteiger partial charge in [0.05, 0.1) is 24.6 Å². The molecule has 0 saturated carbocycles. The Morgan fingerprint density at radius 1 is 0.340 bits per heavy atom. The zero-order valence-electron chi connectivity index (χ0n) is 35.2. The van der Waals surface area contributed by atoms with E-state index in [1.807, 2.05) is 0 Å². The fourth-order valence-corrected chi connectivity index (χ4v) is 14.6. The molecule has 0 aliphatic heterocycles. The summed E-state index contributed by atoms with van der Waals surface area (Å²) < 4.78 is 0. The Morgan fingerprint density at radius 2 is 0.532 bits per heavy atom. The summed E-state index contributed by atoms with van der Waals surface area (Å²) >= 11 is 0. The number of rotatable bonds is 34. The molecule has 0 saturated heterocycles. The molecule has 0 bridgehead atoms. The predicted molar refractivity (Wildman–Crippen MR) is 231 cm³/mol. The molecule has 0 fully saturated rings. The van der Waals surface area contributed by atoms with E-state index in [1.165, 1.54) is 148 Å². The quantitative estimate of drug-likeness (QED) is 0.0463. The summed E-state index contributed by atoms with van der Waals surface area (Å²) in [5.74, 6) is 2.43. The van der Waals surface area contributed by atoms with Crippen LogP contribution in [0.25, 0.3) is 0 Å². The molecular formula is C45H97P2+. The molecule has 286 valence electrons. The third-order valence-electron chi connectivity index (χ3n) is 10.4. The topological polar surface area (TPSA) is 0 Å². The molecule has 0 radical (unpaired) electrons. The van der Waals surface area contributed by atoms with Crippen molar-refractivity contribution in [2.75, 3.05) is 24.6 Å². The second-order valence-electron chi connectivity index (χ2n) is 17.5. The molecule has 2 heteroatoms. The molecule has 0 nitrogen and oxygen atoms in total. The summed E-state index contributed by atoms with van der Waals surface area (Å²) in [4.78, 5) is 0. The van der Waals surface area contributed by atoms with Crippen LogP contribution >= 0.6 is 16.5 Å². The Labute approximate surface area is 305 Å². The van der Waals surface area contributed by atoms with Crippen LogP contribution in [0.3, 0.4) is 0 Å². The first kappa shape index (κ1) is 50.0. The molecule has 0 aromatic rings. The summed E-state index contributed by atoms with van der Waals surface area (Å²) in [6.45, 7) is 23.4. The van der Waals surface area contributed by atoms with E-state index in [0.29, 0.717) is 5.16 Å². The van der Waals surface area contributed by atoms with E-state index in [2.05, 4.69) is 78.5 Å². The Hall–Kier alpha value is 0.860. The third kappa shape index (κ3) is 35.1. The van der Waals surface area contributed by atoms with E-state index < -0.39 is 7.26 Å². The first-order valence-electron chi connectivity index (χ1n) is 22.1. The highest BCUT2D eigenvalue weighted by molar-refractivity contribution is 7.75. The maximum absolute atomic E-state index is 3.15. The minimum atomic E-state index is -0.697. The minimum absolute atomic E-state index is 0.483. The SMILES string of the molecule is CC(C)CC(P)(CC(C)C)CC(C)C.CCCCCCCCCCCCCC[P+](CCCCCC)(CCCCCC)CCCCCC. The van der Waals surface area contributed by atoms with Gasteiger partial charge in [0, 0.05) is 7.26 Å². The van der Waals surface area contributed by atoms with Gasteiger partial charge in [0.1, 0.15) is 0 Å². The Morgan fingerprint density at radius 3 is 0.745 bits per heavy atom. The molecule has 47 heavy (non-hydrogen) atoms. The van der Waals surface area contributed by atoms with E-state index >= 15 is 0 Å². The molecule has 0 aliphatic rings. The van der Waals surface area contributed by atoms with Gasteiger partial charge in [0.25, 0.3) is 0 Å². The van der Waals surface area contributed by atoms with Gasteiger partial charge in [-0.25, -0.2) is 0 Å². The average Bonchev–Trinajstić information content (AvgIpc) is 2.99. The van der Waals surface area contributed by atoms with Crippen LogP contribution in [0.1, 0.15) is 243 Å². The number of unbranched alkanes of at least 4 members (excludes halogenated alkanes) is 20. The second kappa shape index (κ2) is 35.3. The van der Waals surface area contributed by atoms with Gasteiger partial charge in [-0.05, 0) is 93.5 Å². The smallest absolute Gasteiger partial charge is 0.0594 e. The Balaban J connectivity index is 0. The summed E-state index contributed by atoms with van der Waals surface area (Å²) in [7, 11) is 2.45. The standard InChI is InChI=1S/C32H68P.C13H29P/c1-5-9-13-17-18-19-20-21-22-23-24-28-32-33(29-25-14-10-6-2,30-26-15-11-7-3)31-27-16-12-8-4;1-10(2)7-13(14,8-11(3)4)9-12(5)6/h5-32H2,1-4H3;10-12H,7-9,14H2,1-6H3/q+1;. The van der Waals surface area contributed by atoms with Crippen LogP contribution in [0.4, 0.5) is 0 Å². The zero-order chi connectivity index (χ0) is 35.7. The van der Waals surface area contributed by atoms with Crippen LogP contribution < -0.4 is 0 Å². The molecule has 1 atom stereocenters. The predicted octanol–water partition coefficient (Wildman–Crippen LogP) is 17.2. The molecule has 0 N–H and O–H groups in total. The lowest BCUT2D eigenvalue weighted by atomic mass is 9.83. The molecule has 0 heterocycles. The van der Waals surface area contributed by atoms with Crippen molar-refractivity contribution in [2.24, 2.45) is 17.8 Å². The summed E-state index contributed by atoms with van der Waals surface area (Å²) in [6.07, 6.45) is 46.1. The molecule has 0 aromatic heterocycles. The molecule has 1 unspecified atom stereocenters. The highest BCUT2D eigenvalue weighted by Gasteiger charge is 2.35. The molecule has 0 aromatic carbocycles. The number of hydrogen-bond acceptors (Lipinski definition) is 0. The summed E-state index contributed by atoms with van der Waals surface area (Å²) in [5.41, 5.74) is 0. The zero-order valence-corrected chi connectivity index (χ0v) is 37.2. The third-order valence-corrected chi connectivity index (χ3v) is 16.2. The van der Waals surface area contributed by atoms with E-state index in [-0.39, 0.29) is 0 Å². The van der Waals surface area contributed by atoms with Gasteiger partial charge in [-0.3, -0.25) is 0 Å². The Bertz CT molecular complexity index is 537. The maximum atomic E-state index is 3.15. The van der Waals surface area contributed by atoms with Gasteiger partial charge in [-0.2, -0.15) is 0 Å². The fraction of sp³-hybridized carbons (Fsp3) is 1.00. The van der Waals surface area contributed by atoms with Crippen molar-refractivity contribution in [3.05, 3.63) is 0 Å². The van der Waals surface area contributed by atoms with Crippen molar-refractivity contribution in [1.82, 2.24) is 0 Å². The van der Waals surface area contributed by atoms with E-state index in [9.17, 15) is 0 Å². The van der Waals surface area contributed by atoms with Crippen molar-refractivity contribution >= 4 is 16.5 Å². The molecule has 0 aliphatic carbocycles. The van der Waals surface area contributed by atoms with Crippen LogP contribution in [-0.2, 0) is 0 Å². The van der Waals surface area contributed by atoms with Gasteiger partial charge in [0.15, 0.2) is 0 Å². The largest absolute Gasteiger partial charge is 0.131 e. The molecule has 0 amide bonds. The first-order valence-corrected chi connectivity index (χ1v) is 25.2. The average molecular weight is 700 g/mol. The van der Waals surface area contributed by atoms with Crippen molar-refractivity contribution < 1.29 is 0 Å². The van der Waals surface area contributed by atoms with E-state index in [0.717, 1.165) is 17.8 Å². The van der Waals surface area contributed by atoms with Crippen molar-refractivity contribution in [3.8, 4) is 0 Å².